The number of halogens is 1. The van der Waals surface area contributed by atoms with Gasteiger partial charge in [-0.05, 0) is 54.5 Å². The van der Waals surface area contributed by atoms with E-state index in [4.69, 9.17) is 16.6 Å². The van der Waals surface area contributed by atoms with Crippen molar-refractivity contribution in [1.82, 2.24) is 20.1 Å². The van der Waals surface area contributed by atoms with Crippen molar-refractivity contribution in [1.29, 1.82) is 0 Å². The van der Waals surface area contributed by atoms with Gasteiger partial charge in [0.1, 0.15) is 0 Å². The van der Waals surface area contributed by atoms with Gasteiger partial charge in [0.15, 0.2) is 5.01 Å². The first-order chi connectivity index (χ1) is 15.7. The molecule has 1 aliphatic heterocycles. The van der Waals surface area contributed by atoms with Crippen molar-refractivity contribution in [3.63, 3.8) is 0 Å². The SMILES string of the molecule is O=C(c1c2c(nc3ccc(Cl)cc13)CCC2)N1CCN(c2nnc(-c3cccs3)s2)CC1. The number of aryl methyl sites for hydroxylation is 1. The second-order valence-corrected chi connectivity index (χ2v) is 10.4. The molecule has 1 saturated heterocycles. The molecule has 1 fully saturated rings. The van der Waals surface area contributed by atoms with Crippen LogP contribution in [0, 0.1) is 0 Å². The van der Waals surface area contributed by atoms with Crippen LogP contribution in [-0.2, 0) is 12.8 Å². The van der Waals surface area contributed by atoms with E-state index in [0.717, 1.165) is 75.1 Å². The summed E-state index contributed by atoms with van der Waals surface area (Å²) in [4.78, 5) is 23.8. The van der Waals surface area contributed by atoms with E-state index in [-0.39, 0.29) is 5.91 Å². The molecule has 6 rings (SSSR count). The fraction of sp³-hybridized carbons (Fsp3) is 0.304. The summed E-state index contributed by atoms with van der Waals surface area (Å²) in [5.74, 6) is 0.0917. The second-order valence-electron chi connectivity index (χ2n) is 8.07. The van der Waals surface area contributed by atoms with Gasteiger partial charge < -0.3 is 9.80 Å². The van der Waals surface area contributed by atoms with E-state index in [1.807, 2.05) is 34.5 Å². The number of anilines is 1. The van der Waals surface area contributed by atoms with Crippen LogP contribution in [-0.4, -0.2) is 52.2 Å². The lowest BCUT2D eigenvalue weighted by molar-refractivity contribution is 0.0747. The molecule has 6 nitrogen and oxygen atoms in total. The van der Waals surface area contributed by atoms with E-state index in [1.54, 1.807) is 22.7 Å². The minimum atomic E-state index is 0.0917. The van der Waals surface area contributed by atoms with Crippen molar-refractivity contribution in [2.75, 3.05) is 31.1 Å². The molecular formula is C23H20ClN5OS2. The van der Waals surface area contributed by atoms with E-state index < -0.39 is 0 Å². The number of rotatable bonds is 3. The summed E-state index contributed by atoms with van der Waals surface area (Å²) in [6.45, 7) is 2.81. The number of carbonyl (C=O) groups excluding carboxylic acids is 1. The molecule has 1 aromatic carbocycles. The van der Waals surface area contributed by atoms with Crippen molar-refractivity contribution < 1.29 is 4.79 Å². The molecule has 4 heterocycles. The average molecular weight is 482 g/mol. The number of aromatic nitrogens is 3. The van der Waals surface area contributed by atoms with Gasteiger partial charge in [0.05, 0.1) is 16.0 Å². The zero-order valence-electron chi connectivity index (χ0n) is 17.3. The number of amides is 1. The number of fused-ring (bicyclic) bond motifs is 2. The van der Waals surface area contributed by atoms with Crippen LogP contribution in [0.15, 0.2) is 35.7 Å². The predicted octanol–water partition coefficient (Wildman–Crippen LogP) is 4.92. The number of piperazine rings is 1. The van der Waals surface area contributed by atoms with Gasteiger partial charge in [0, 0.05) is 42.3 Å². The zero-order valence-corrected chi connectivity index (χ0v) is 19.6. The van der Waals surface area contributed by atoms with Crippen LogP contribution in [0.25, 0.3) is 20.8 Å². The fourth-order valence-electron chi connectivity index (χ4n) is 4.58. The maximum atomic E-state index is 13.7. The molecular weight excluding hydrogens is 462 g/mol. The zero-order chi connectivity index (χ0) is 21.7. The first kappa shape index (κ1) is 20.1. The van der Waals surface area contributed by atoms with E-state index >= 15 is 0 Å². The third-order valence-corrected chi connectivity index (χ3v) is 8.43. The van der Waals surface area contributed by atoms with Crippen LogP contribution in [0.2, 0.25) is 5.02 Å². The molecule has 4 aromatic rings. The van der Waals surface area contributed by atoms with E-state index in [2.05, 4.69) is 21.2 Å². The Hall–Kier alpha value is -2.55. The number of carbonyl (C=O) groups is 1. The molecule has 0 saturated carbocycles. The Morgan fingerprint density at radius 2 is 1.94 bits per heavy atom. The molecule has 0 spiro atoms. The summed E-state index contributed by atoms with van der Waals surface area (Å²) in [7, 11) is 0. The van der Waals surface area contributed by atoms with Crippen LogP contribution < -0.4 is 4.90 Å². The highest BCUT2D eigenvalue weighted by Crippen LogP contribution is 2.34. The molecule has 0 bridgehead atoms. The van der Waals surface area contributed by atoms with Crippen LogP contribution in [0.4, 0.5) is 5.13 Å². The molecule has 32 heavy (non-hydrogen) atoms. The van der Waals surface area contributed by atoms with Crippen molar-refractivity contribution in [2.45, 2.75) is 19.3 Å². The highest BCUT2D eigenvalue weighted by Gasteiger charge is 2.30. The maximum absolute atomic E-state index is 13.7. The summed E-state index contributed by atoms with van der Waals surface area (Å²) in [5, 5.41) is 14.2. The fourth-order valence-corrected chi connectivity index (χ4v) is 6.44. The lowest BCUT2D eigenvalue weighted by Crippen LogP contribution is -2.49. The van der Waals surface area contributed by atoms with Crippen molar-refractivity contribution >= 4 is 56.2 Å². The highest BCUT2D eigenvalue weighted by molar-refractivity contribution is 7.22. The van der Waals surface area contributed by atoms with Gasteiger partial charge in [-0.3, -0.25) is 9.78 Å². The topological polar surface area (TPSA) is 62.2 Å². The number of benzene rings is 1. The smallest absolute Gasteiger partial charge is 0.255 e. The van der Waals surface area contributed by atoms with Crippen molar-refractivity contribution in [3.8, 4) is 9.88 Å². The molecule has 0 N–H and O–H groups in total. The molecule has 2 aliphatic rings. The number of nitrogens with zero attached hydrogens (tertiary/aromatic N) is 5. The Morgan fingerprint density at radius 3 is 2.75 bits per heavy atom. The summed E-state index contributed by atoms with van der Waals surface area (Å²) in [5.41, 5.74) is 3.83. The lowest BCUT2D eigenvalue weighted by atomic mass is 9.99. The monoisotopic (exact) mass is 481 g/mol. The standard InChI is InChI=1S/C23H20ClN5OS2/c24-14-6-7-18-16(13-14)20(15-3-1-4-17(15)25-18)22(30)28-8-10-29(11-9-28)23-27-26-21(32-23)19-5-2-12-31-19/h2,5-7,12-13H,1,3-4,8-11H2. The van der Waals surface area contributed by atoms with Gasteiger partial charge in [0.2, 0.25) is 5.13 Å². The minimum Gasteiger partial charge on any atom is -0.343 e. The molecule has 3 aromatic heterocycles. The van der Waals surface area contributed by atoms with Gasteiger partial charge in [0.25, 0.3) is 5.91 Å². The number of hydrogen-bond acceptors (Lipinski definition) is 7. The van der Waals surface area contributed by atoms with Crippen LogP contribution in [0.5, 0.6) is 0 Å². The van der Waals surface area contributed by atoms with Gasteiger partial charge >= 0.3 is 0 Å². The number of thiophene rings is 1. The lowest BCUT2D eigenvalue weighted by Gasteiger charge is -2.34. The predicted molar refractivity (Wildman–Crippen MR) is 130 cm³/mol. The van der Waals surface area contributed by atoms with Gasteiger partial charge in [-0.2, -0.15) is 0 Å². The minimum absolute atomic E-state index is 0.0917. The highest BCUT2D eigenvalue weighted by atomic mass is 35.5. The summed E-state index contributed by atoms with van der Waals surface area (Å²) in [6.07, 6.45) is 2.89. The Balaban J connectivity index is 1.25. The maximum Gasteiger partial charge on any atom is 0.255 e. The van der Waals surface area contributed by atoms with Gasteiger partial charge in [-0.25, -0.2) is 0 Å². The second kappa shape index (κ2) is 8.10. The third-order valence-electron chi connectivity index (χ3n) is 6.17. The van der Waals surface area contributed by atoms with Crippen LogP contribution >= 0.6 is 34.3 Å². The molecule has 0 atom stereocenters. The number of hydrogen-bond donors (Lipinski definition) is 0. The molecule has 0 radical (unpaired) electrons. The Labute approximate surface area is 198 Å². The average Bonchev–Trinajstić information content (AvgIpc) is 3.58. The van der Waals surface area contributed by atoms with E-state index in [9.17, 15) is 4.79 Å². The molecule has 0 unspecified atom stereocenters. The Kier molecular flexibility index (Phi) is 5.08. The molecule has 162 valence electrons. The van der Waals surface area contributed by atoms with Crippen LogP contribution in [0.3, 0.4) is 0 Å². The van der Waals surface area contributed by atoms with Crippen LogP contribution in [0.1, 0.15) is 28.0 Å². The van der Waals surface area contributed by atoms with E-state index in [1.165, 1.54) is 0 Å². The Bertz CT molecular complexity index is 1310. The largest absolute Gasteiger partial charge is 0.343 e. The third kappa shape index (κ3) is 3.46. The first-order valence-corrected chi connectivity index (χ1v) is 12.8. The van der Waals surface area contributed by atoms with Gasteiger partial charge in [-0.1, -0.05) is 29.0 Å². The first-order valence-electron chi connectivity index (χ1n) is 10.7. The molecule has 9 heteroatoms. The van der Waals surface area contributed by atoms with Crippen molar-refractivity contribution in [3.05, 3.63) is 57.6 Å². The summed E-state index contributed by atoms with van der Waals surface area (Å²) < 4.78 is 0. The molecule has 1 aliphatic carbocycles. The number of pyridine rings is 1. The Morgan fingerprint density at radius 1 is 1.06 bits per heavy atom. The van der Waals surface area contributed by atoms with Crippen molar-refractivity contribution in [2.24, 2.45) is 0 Å². The van der Waals surface area contributed by atoms with E-state index in [0.29, 0.717) is 18.1 Å². The quantitative estimate of drug-likeness (QED) is 0.415. The summed E-state index contributed by atoms with van der Waals surface area (Å²) in [6, 6.07) is 9.75. The summed E-state index contributed by atoms with van der Waals surface area (Å²) >= 11 is 9.57. The molecule has 1 amide bonds. The van der Waals surface area contributed by atoms with Gasteiger partial charge in [-0.15, -0.1) is 21.5 Å². The normalized spacial score (nSPS) is 16.0.